The SMILES string of the molecule is O=C(O)C[C@@H](NC(=O)c1n[nH]c2c1CCCC2)c1ccc(F)cc1. The zero-order valence-corrected chi connectivity index (χ0v) is 13.0. The Bertz CT molecular complexity index is 755. The third-order valence-electron chi connectivity index (χ3n) is 4.23. The van der Waals surface area contributed by atoms with E-state index >= 15 is 0 Å². The van der Waals surface area contributed by atoms with Gasteiger partial charge in [0.05, 0.1) is 12.5 Å². The first-order valence-corrected chi connectivity index (χ1v) is 7.89. The molecule has 1 atom stereocenters. The summed E-state index contributed by atoms with van der Waals surface area (Å²) in [5.74, 6) is -1.88. The van der Waals surface area contributed by atoms with Gasteiger partial charge >= 0.3 is 5.97 Å². The van der Waals surface area contributed by atoms with Crippen LogP contribution < -0.4 is 5.32 Å². The molecule has 0 saturated carbocycles. The first-order valence-electron chi connectivity index (χ1n) is 7.89. The molecule has 3 N–H and O–H groups in total. The van der Waals surface area contributed by atoms with E-state index in [9.17, 15) is 14.0 Å². The molecular weight excluding hydrogens is 313 g/mol. The van der Waals surface area contributed by atoms with E-state index in [0.29, 0.717) is 11.3 Å². The number of carboxylic acid groups (broad SMARTS) is 1. The largest absolute Gasteiger partial charge is 0.481 e. The van der Waals surface area contributed by atoms with E-state index in [1.807, 2.05) is 0 Å². The predicted octanol–water partition coefficient (Wildman–Crippen LogP) is 2.37. The van der Waals surface area contributed by atoms with Crippen molar-refractivity contribution in [1.82, 2.24) is 15.5 Å². The molecule has 1 aromatic heterocycles. The van der Waals surface area contributed by atoms with Crippen LogP contribution in [0.3, 0.4) is 0 Å². The van der Waals surface area contributed by atoms with Gasteiger partial charge in [0.25, 0.3) is 5.91 Å². The van der Waals surface area contributed by atoms with Crippen LogP contribution in [0.25, 0.3) is 0 Å². The van der Waals surface area contributed by atoms with Crippen LogP contribution in [0.2, 0.25) is 0 Å². The van der Waals surface area contributed by atoms with Gasteiger partial charge in [0, 0.05) is 11.3 Å². The van der Waals surface area contributed by atoms with Gasteiger partial charge in [0.2, 0.25) is 0 Å². The highest BCUT2D eigenvalue weighted by molar-refractivity contribution is 5.94. The lowest BCUT2D eigenvalue weighted by Crippen LogP contribution is -2.31. The zero-order chi connectivity index (χ0) is 17.1. The van der Waals surface area contributed by atoms with E-state index in [1.165, 1.54) is 24.3 Å². The average molecular weight is 331 g/mol. The number of aromatic amines is 1. The number of hydrogen-bond acceptors (Lipinski definition) is 3. The van der Waals surface area contributed by atoms with Crippen molar-refractivity contribution in [3.63, 3.8) is 0 Å². The minimum absolute atomic E-state index is 0.288. The smallest absolute Gasteiger partial charge is 0.305 e. The zero-order valence-electron chi connectivity index (χ0n) is 13.0. The quantitative estimate of drug-likeness (QED) is 0.784. The van der Waals surface area contributed by atoms with Crippen molar-refractivity contribution < 1.29 is 19.1 Å². The van der Waals surface area contributed by atoms with Crippen LogP contribution >= 0.6 is 0 Å². The van der Waals surface area contributed by atoms with E-state index in [2.05, 4.69) is 15.5 Å². The molecule has 24 heavy (non-hydrogen) atoms. The number of nitrogens with zero attached hydrogens (tertiary/aromatic N) is 1. The molecule has 2 aromatic rings. The van der Waals surface area contributed by atoms with E-state index in [0.717, 1.165) is 36.9 Å². The lowest BCUT2D eigenvalue weighted by atomic mass is 9.95. The maximum absolute atomic E-state index is 13.1. The summed E-state index contributed by atoms with van der Waals surface area (Å²) in [5, 5.41) is 18.8. The Morgan fingerprint density at radius 3 is 2.67 bits per heavy atom. The second-order valence-electron chi connectivity index (χ2n) is 5.91. The number of rotatable bonds is 5. The molecule has 126 valence electrons. The molecular formula is C17H18FN3O3. The maximum atomic E-state index is 13.1. The molecule has 0 unspecified atom stereocenters. The van der Waals surface area contributed by atoms with Gasteiger partial charge in [0.1, 0.15) is 5.82 Å². The van der Waals surface area contributed by atoms with Gasteiger partial charge in [-0.3, -0.25) is 14.7 Å². The lowest BCUT2D eigenvalue weighted by Gasteiger charge is -2.18. The Kier molecular flexibility index (Phi) is 4.59. The average Bonchev–Trinajstić information content (AvgIpc) is 2.98. The number of halogens is 1. The number of aryl methyl sites for hydroxylation is 1. The molecule has 7 heteroatoms. The van der Waals surface area contributed by atoms with Crippen molar-refractivity contribution in [2.75, 3.05) is 0 Å². The van der Waals surface area contributed by atoms with Crippen molar-refractivity contribution in [2.24, 2.45) is 0 Å². The fourth-order valence-corrected chi connectivity index (χ4v) is 3.02. The van der Waals surface area contributed by atoms with Crippen LogP contribution in [0.4, 0.5) is 4.39 Å². The van der Waals surface area contributed by atoms with Crippen LogP contribution in [-0.2, 0) is 17.6 Å². The fraction of sp³-hybridized carbons (Fsp3) is 0.353. The van der Waals surface area contributed by atoms with Gasteiger partial charge in [-0.1, -0.05) is 12.1 Å². The highest BCUT2D eigenvalue weighted by atomic mass is 19.1. The van der Waals surface area contributed by atoms with E-state index < -0.39 is 23.7 Å². The molecule has 0 saturated heterocycles. The molecule has 1 aromatic carbocycles. The molecule has 0 radical (unpaired) electrons. The summed E-state index contributed by atoms with van der Waals surface area (Å²) in [6, 6.07) is 4.69. The fourth-order valence-electron chi connectivity index (χ4n) is 3.02. The summed E-state index contributed by atoms with van der Waals surface area (Å²) in [7, 11) is 0. The summed E-state index contributed by atoms with van der Waals surface area (Å²) in [4.78, 5) is 23.7. The number of carbonyl (C=O) groups is 2. The van der Waals surface area contributed by atoms with Crippen LogP contribution in [0, 0.1) is 5.82 Å². The molecule has 1 heterocycles. The summed E-state index contributed by atoms with van der Waals surface area (Å²) < 4.78 is 13.1. The molecule has 0 bridgehead atoms. The molecule has 3 rings (SSSR count). The number of nitrogens with one attached hydrogen (secondary N) is 2. The number of H-pyrrole nitrogens is 1. The first-order chi connectivity index (χ1) is 11.5. The van der Waals surface area contributed by atoms with Crippen LogP contribution in [-0.4, -0.2) is 27.2 Å². The standard InChI is InChI=1S/C17H18FN3O3/c18-11-7-5-10(6-8-11)14(9-15(22)23)19-17(24)16-12-3-1-2-4-13(12)20-21-16/h5-8,14H,1-4,9H2,(H,19,24)(H,20,21)(H,22,23)/t14-/m1/s1. The Morgan fingerprint density at radius 1 is 1.25 bits per heavy atom. The van der Waals surface area contributed by atoms with Crippen molar-refractivity contribution >= 4 is 11.9 Å². The van der Waals surface area contributed by atoms with Crippen molar-refractivity contribution in [2.45, 2.75) is 38.1 Å². The second-order valence-corrected chi connectivity index (χ2v) is 5.91. The molecule has 0 fully saturated rings. The summed E-state index contributed by atoms with van der Waals surface area (Å²) >= 11 is 0. The van der Waals surface area contributed by atoms with Gasteiger partial charge < -0.3 is 10.4 Å². The summed E-state index contributed by atoms with van der Waals surface area (Å²) in [6.45, 7) is 0. The predicted molar refractivity (Wildman–Crippen MR) is 84.1 cm³/mol. The van der Waals surface area contributed by atoms with Crippen molar-refractivity contribution in [3.8, 4) is 0 Å². The van der Waals surface area contributed by atoms with Crippen LogP contribution in [0.1, 0.15) is 52.6 Å². The number of aromatic nitrogens is 2. The number of carbonyl (C=O) groups excluding carboxylic acids is 1. The highest BCUT2D eigenvalue weighted by Gasteiger charge is 2.25. The molecule has 1 amide bonds. The monoisotopic (exact) mass is 331 g/mol. The number of carboxylic acids is 1. The van der Waals surface area contributed by atoms with Gasteiger partial charge in [-0.05, 0) is 43.4 Å². The van der Waals surface area contributed by atoms with Gasteiger partial charge in [-0.2, -0.15) is 5.10 Å². The molecule has 1 aliphatic rings. The Hall–Kier alpha value is -2.70. The molecule has 6 nitrogen and oxygen atoms in total. The number of aliphatic carboxylic acids is 1. The van der Waals surface area contributed by atoms with Gasteiger partial charge in [-0.15, -0.1) is 0 Å². The maximum Gasteiger partial charge on any atom is 0.305 e. The highest BCUT2D eigenvalue weighted by Crippen LogP contribution is 2.23. The first kappa shape index (κ1) is 16.2. The summed E-state index contributed by atoms with van der Waals surface area (Å²) in [6.07, 6.45) is 3.43. The summed E-state index contributed by atoms with van der Waals surface area (Å²) in [5.41, 5.74) is 2.74. The number of amides is 1. The molecule has 0 spiro atoms. The van der Waals surface area contributed by atoms with E-state index in [-0.39, 0.29) is 6.42 Å². The third kappa shape index (κ3) is 3.45. The van der Waals surface area contributed by atoms with Crippen molar-refractivity contribution in [1.29, 1.82) is 0 Å². The molecule has 1 aliphatic carbocycles. The number of fused-ring (bicyclic) bond motifs is 1. The van der Waals surface area contributed by atoms with Crippen LogP contribution in [0.5, 0.6) is 0 Å². The topological polar surface area (TPSA) is 95.1 Å². The van der Waals surface area contributed by atoms with E-state index in [4.69, 9.17) is 5.11 Å². The van der Waals surface area contributed by atoms with Crippen molar-refractivity contribution in [3.05, 3.63) is 52.6 Å². The third-order valence-corrected chi connectivity index (χ3v) is 4.23. The minimum Gasteiger partial charge on any atom is -0.481 e. The van der Waals surface area contributed by atoms with E-state index in [1.54, 1.807) is 0 Å². The minimum atomic E-state index is -1.05. The normalized spacial score (nSPS) is 14.7. The van der Waals surface area contributed by atoms with Gasteiger partial charge in [-0.25, -0.2) is 4.39 Å². The lowest BCUT2D eigenvalue weighted by molar-refractivity contribution is -0.137. The van der Waals surface area contributed by atoms with Gasteiger partial charge in [0.15, 0.2) is 5.69 Å². The molecule has 0 aliphatic heterocycles. The Morgan fingerprint density at radius 2 is 1.96 bits per heavy atom. The van der Waals surface area contributed by atoms with Crippen LogP contribution in [0.15, 0.2) is 24.3 Å². The Labute approximate surface area is 138 Å². The second kappa shape index (κ2) is 6.82. The Balaban J connectivity index is 1.81. The number of hydrogen-bond donors (Lipinski definition) is 3. The number of benzene rings is 1.